The van der Waals surface area contributed by atoms with E-state index in [0.717, 1.165) is 64.7 Å². The van der Waals surface area contributed by atoms with E-state index in [-0.39, 0.29) is 12.1 Å². The Bertz CT molecular complexity index is 525. The number of hydrogen-bond acceptors (Lipinski definition) is 5. The Morgan fingerprint density at radius 1 is 1.21 bits per heavy atom. The average Bonchev–Trinajstić information content (AvgIpc) is 3.04. The van der Waals surface area contributed by atoms with Crippen molar-refractivity contribution in [3.05, 3.63) is 0 Å². The van der Waals surface area contributed by atoms with Crippen LogP contribution in [0.1, 0.15) is 34.1 Å². The lowest BCUT2D eigenvalue weighted by Gasteiger charge is -2.34. The van der Waals surface area contributed by atoms with Gasteiger partial charge in [0, 0.05) is 59.4 Å². The standard InChI is InChI=1S/C20H40N6O2/c1-16(14-25-11-9-24(6)10-12-25)13-22-18(21-5)26-8-7-17(15-26)23-19(27)28-20(2,3)4/h16-17H,7-15H2,1-6H3,(H,21,22)(H,23,27). The summed E-state index contributed by atoms with van der Waals surface area (Å²) in [6.45, 7) is 16.2. The van der Waals surface area contributed by atoms with Crippen molar-refractivity contribution in [2.75, 3.05) is 66.5 Å². The molecule has 162 valence electrons. The fourth-order valence-corrected chi connectivity index (χ4v) is 3.68. The van der Waals surface area contributed by atoms with Crippen LogP contribution in [-0.2, 0) is 4.74 Å². The monoisotopic (exact) mass is 396 g/mol. The second-order valence-corrected chi connectivity index (χ2v) is 9.22. The van der Waals surface area contributed by atoms with Crippen LogP contribution in [0, 0.1) is 5.92 Å². The second-order valence-electron chi connectivity index (χ2n) is 9.22. The molecule has 8 nitrogen and oxygen atoms in total. The molecule has 0 saturated carbocycles. The molecule has 2 aliphatic rings. The van der Waals surface area contributed by atoms with Crippen molar-refractivity contribution in [3.63, 3.8) is 0 Å². The molecule has 0 aromatic rings. The number of carbonyl (C=O) groups excluding carboxylic acids is 1. The first kappa shape index (κ1) is 22.7. The van der Waals surface area contributed by atoms with E-state index in [0.29, 0.717) is 5.92 Å². The molecule has 0 spiro atoms. The zero-order valence-corrected chi connectivity index (χ0v) is 18.6. The quantitative estimate of drug-likeness (QED) is 0.535. The lowest BCUT2D eigenvalue weighted by molar-refractivity contribution is 0.0507. The van der Waals surface area contributed by atoms with Crippen LogP contribution in [0.2, 0.25) is 0 Å². The molecule has 2 aliphatic heterocycles. The van der Waals surface area contributed by atoms with Gasteiger partial charge in [-0.3, -0.25) is 4.99 Å². The highest BCUT2D eigenvalue weighted by atomic mass is 16.6. The number of likely N-dealkylation sites (tertiary alicyclic amines) is 1. The number of piperazine rings is 1. The molecule has 0 aromatic carbocycles. The van der Waals surface area contributed by atoms with Crippen LogP contribution >= 0.6 is 0 Å². The number of hydrogen-bond donors (Lipinski definition) is 2. The molecule has 0 aliphatic carbocycles. The first-order valence-corrected chi connectivity index (χ1v) is 10.5. The van der Waals surface area contributed by atoms with Gasteiger partial charge in [0.1, 0.15) is 5.60 Å². The molecule has 1 amide bonds. The van der Waals surface area contributed by atoms with E-state index in [1.807, 2.05) is 27.8 Å². The summed E-state index contributed by atoms with van der Waals surface area (Å²) in [5.41, 5.74) is -0.472. The van der Waals surface area contributed by atoms with E-state index in [4.69, 9.17) is 4.74 Å². The van der Waals surface area contributed by atoms with Gasteiger partial charge in [0.05, 0.1) is 6.04 Å². The third-order valence-electron chi connectivity index (χ3n) is 5.19. The van der Waals surface area contributed by atoms with Crippen LogP contribution in [0.15, 0.2) is 4.99 Å². The van der Waals surface area contributed by atoms with Crippen molar-refractivity contribution in [1.82, 2.24) is 25.3 Å². The van der Waals surface area contributed by atoms with Crippen LogP contribution in [-0.4, -0.2) is 105 Å². The Labute approximate surface area is 170 Å². The summed E-state index contributed by atoms with van der Waals surface area (Å²) in [6, 6.07) is 0.0937. The first-order valence-electron chi connectivity index (χ1n) is 10.5. The number of nitrogens with one attached hydrogen (secondary N) is 2. The number of ether oxygens (including phenoxy) is 1. The minimum absolute atomic E-state index is 0.0937. The van der Waals surface area contributed by atoms with Gasteiger partial charge in [0.25, 0.3) is 0 Å². The topological polar surface area (TPSA) is 72.4 Å². The van der Waals surface area contributed by atoms with Crippen molar-refractivity contribution >= 4 is 12.1 Å². The molecule has 2 fully saturated rings. The SMILES string of the molecule is CN=C(NCC(C)CN1CCN(C)CC1)N1CCC(NC(=O)OC(C)(C)C)C1. The lowest BCUT2D eigenvalue weighted by Crippen LogP contribution is -2.48. The highest BCUT2D eigenvalue weighted by Gasteiger charge is 2.28. The van der Waals surface area contributed by atoms with Crippen molar-refractivity contribution in [3.8, 4) is 0 Å². The molecule has 28 heavy (non-hydrogen) atoms. The predicted molar refractivity (Wildman–Crippen MR) is 114 cm³/mol. The summed E-state index contributed by atoms with van der Waals surface area (Å²) in [4.78, 5) is 23.6. The van der Waals surface area contributed by atoms with E-state index in [2.05, 4.69) is 44.3 Å². The summed E-state index contributed by atoms with van der Waals surface area (Å²) in [6.07, 6.45) is 0.555. The second kappa shape index (κ2) is 10.3. The fraction of sp³-hybridized carbons (Fsp3) is 0.900. The van der Waals surface area contributed by atoms with Gasteiger partial charge in [0.15, 0.2) is 5.96 Å². The molecule has 8 heteroatoms. The van der Waals surface area contributed by atoms with Gasteiger partial charge in [-0.25, -0.2) is 4.79 Å². The number of amides is 1. The van der Waals surface area contributed by atoms with Crippen LogP contribution < -0.4 is 10.6 Å². The van der Waals surface area contributed by atoms with E-state index >= 15 is 0 Å². The normalized spacial score (nSPS) is 23.6. The zero-order chi connectivity index (χ0) is 20.7. The van der Waals surface area contributed by atoms with Crippen molar-refractivity contribution in [1.29, 1.82) is 0 Å². The van der Waals surface area contributed by atoms with E-state index in [1.165, 1.54) is 0 Å². The third kappa shape index (κ3) is 7.83. The first-order chi connectivity index (χ1) is 13.2. The number of rotatable bonds is 5. The molecule has 2 heterocycles. The summed E-state index contributed by atoms with van der Waals surface area (Å²) >= 11 is 0. The van der Waals surface area contributed by atoms with Crippen molar-refractivity contribution in [2.45, 2.75) is 45.8 Å². The molecule has 2 saturated heterocycles. The minimum Gasteiger partial charge on any atom is -0.444 e. The van der Waals surface area contributed by atoms with Gasteiger partial charge in [-0.05, 0) is 40.2 Å². The van der Waals surface area contributed by atoms with E-state index < -0.39 is 5.60 Å². The van der Waals surface area contributed by atoms with Gasteiger partial charge >= 0.3 is 6.09 Å². The van der Waals surface area contributed by atoms with Crippen molar-refractivity contribution in [2.24, 2.45) is 10.9 Å². The molecule has 0 aromatic heterocycles. The smallest absolute Gasteiger partial charge is 0.407 e. The molecule has 0 radical (unpaired) electrons. The maximum Gasteiger partial charge on any atom is 0.407 e. The number of guanidine groups is 1. The van der Waals surface area contributed by atoms with Crippen LogP contribution in [0.4, 0.5) is 4.79 Å². The number of carbonyl (C=O) groups is 1. The highest BCUT2D eigenvalue weighted by molar-refractivity contribution is 5.80. The van der Waals surface area contributed by atoms with Crippen LogP contribution in [0.25, 0.3) is 0 Å². The van der Waals surface area contributed by atoms with Gasteiger partial charge in [-0.15, -0.1) is 0 Å². The fourth-order valence-electron chi connectivity index (χ4n) is 3.68. The largest absolute Gasteiger partial charge is 0.444 e. The summed E-state index contributed by atoms with van der Waals surface area (Å²) in [7, 11) is 4.01. The third-order valence-corrected chi connectivity index (χ3v) is 5.19. The van der Waals surface area contributed by atoms with Crippen LogP contribution in [0.3, 0.4) is 0 Å². The molecule has 2 N–H and O–H groups in total. The summed E-state index contributed by atoms with van der Waals surface area (Å²) < 4.78 is 5.36. The molecule has 0 bridgehead atoms. The van der Waals surface area contributed by atoms with Gasteiger partial charge < -0.3 is 30.1 Å². The lowest BCUT2D eigenvalue weighted by atomic mass is 10.1. The number of nitrogens with zero attached hydrogens (tertiary/aromatic N) is 4. The van der Waals surface area contributed by atoms with Crippen molar-refractivity contribution < 1.29 is 9.53 Å². The maximum absolute atomic E-state index is 12.0. The molecule has 2 unspecified atom stereocenters. The van der Waals surface area contributed by atoms with Crippen LogP contribution in [0.5, 0.6) is 0 Å². The average molecular weight is 397 g/mol. The van der Waals surface area contributed by atoms with Gasteiger partial charge in [-0.1, -0.05) is 6.92 Å². The number of aliphatic imine (C=N–C) groups is 1. The Morgan fingerprint density at radius 3 is 2.50 bits per heavy atom. The molecule has 2 atom stereocenters. The Kier molecular flexibility index (Phi) is 8.37. The molecular formula is C20H40N6O2. The number of alkyl carbamates (subject to hydrolysis) is 1. The zero-order valence-electron chi connectivity index (χ0n) is 18.6. The van der Waals surface area contributed by atoms with E-state index in [1.54, 1.807) is 0 Å². The van der Waals surface area contributed by atoms with Gasteiger partial charge in [0.2, 0.25) is 0 Å². The number of likely N-dealkylation sites (N-methyl/N-ethyl adjacent to an activating group) is 1. The Morgan fingerprint density at radius 2 is 1.89 bits per heavy atom. The molecular weight excluding hydrogens is 356 g/mol. The maximum atomic E-state index is 12.0. The summed E-state index contributed by atoms with van der Waals surface area (Å²) in [5.74, 6) is 1.47. The predicted octanol–water partition coefficient (Wildman–Crippen LogP) is 1.04. The highest BCUT2D eigenvalue weighted by Crippen LogP contribution is 2.12. The summed E-state index contributed by atoms with van der Waals surface area (Å²) in [5, 5.41) is 6.49. The minimum atomic E-state index is -0.472. The van der Waals surface area contributed by atoms with Gasteiger partial charge in [-0.2, -0.15) is 0 Å². The van der Waals surface area contributed by atoms with E-state index in [9.17, 15) is 4.79 Å². The molecule has 2 rings (SSSR count). The Hall–Kier alpha value is -1.54. The Balaban J connectivity index is 1.71.